The summed E-state index contributed by atoms with van der Waals surface area (Å²) in [7, 11) is 0. The summed E-state index contributed by atoms with van der Waals surface area (Å²) >= 11 is 0. The molecule has 40 heavy (non-hydrogen) atoms. The van der Waals surface area contributed by atoms with E-state index < -0.39 is 28.8 Å². The largest absolute Gasteiger partial charge is 0.358 e. The van der Waals surface area contributed by atoms with E-state index in [1.807, 2.05) is 111 Å². The summed E-state index contributed by atoms with van der Waals surface area (Å²) in [4.78, 5) is 45.6. The Morgan fingerprint density at radius 1 is 0.950 bits per heavy atom. The van der Waals surface area contributed by atoms with E-state index >= 15 is 0 Å². The highest BCUT2D eigenvalue weighted by molar-refractivity contribution is 6.15. The molecule has 3 aromatic rings. The lowest BCUT2D eigenvalue weighted by molar-refractivity contribution is -0.131. The highest BCUT2D eigenvalue weighted by atomic mass is 16.2. The van der Waals surface area contributed by atoms with Gasteiger partial charge in [0, 0.05) is 22.9 Å². The first kappa shape index (κ1) is 26.2. The topological polar surface area (TPSA) is 66.5 Å². The summed E-state index contributed by atoms with van der Waals surface area (Å²) in [6.45, 7) is 10.0. The zero-order valence-electron chi connectivity index (χ0n) is 23.8. The fourth-order valence-corrected chi connectivity index (χ4v) is 7.07. The number of hydrogen-bond donors (Lipinski definition) is 1. The minimum Gasteiger partial charge on any atom is -0.358 e. The van der Waals surface area contributed by atoms with Crippen LogP contribution in [0, 0.1) is 17.3 Å². The predicted molar refractivity (Wildman–Crippen MR) is 158 cm³/mol. The second-order valence-electron chi connectivity index (χ2n) is 12.9. The van der Waals surface area contributed by atoms with E-state index in [-0.39, 0.29) is 17.5 Å². The number of fused-ring (bicyclic) bond motifs is 6. The number of Topliss-reactive ketones (excluding diaryl/α,β-unsaturated/α-hetero) is 2. The average Bonchev–Trinajstić information content (AvgIpc) is 3.40. The number of ketones is 2. The molecule has 1 amide bonds. The summed E-state index contributed by atoms with van der Waals surface area (Å²) < 4.78 is 0. The fourth-order valence-electron chi connectivity index (χ4n) is 7.07. The van der Waals surface area contributed by atoms with Crippen molar-refractivity contribution < 1.29 is 14.4 Å². The number of carbonyl (C=O) groups excluding carboxylic acids is 3. The Morgan fingerprint density at radius 3 is 2.33 bits per heavy atom. The van der Waals surface area contributed by atoms with E-state index in [1.165, 1.54) is 0 Å². The molecule has 5 nitrogen and oxygen atoms in total. The number of carbonyl (C=O) groups is 3. The number of nitrogens with zero attached hydrogens (tertiary/aromatic N) is 1. The fraction of sp³-hybridized carbons (Fsp3) is 0.343. The summed E-state index contributed by atoms with van der Waals surface area (Å²) in [6.07, 6.45) is 4.84. The monoisotopic (exact) mass is 532 g/mol. The van der Waals surface area contributed by atoms with Crippen molar-refractivity contribution in [3.05, 3.63) is 107 Å². The van der Waals surface area contributed by atoms with E-state index in [0.29, 0.717) is 17.2 Å². The third-order valence-corrected chi connectivity index (χ3v) is 8.74. The number of rotatable bonds is 5. The highest BCUT2D eigenvalue weighted by Gasteiger charge is 2.71. The van der Waals surface area contributed by atoms with Crippen LogP contribution >= 0.6 is 0 Å². The first-order valence-corrected chi connectivity index (χ1v) is 14.2. The maximum absolute atomic E-state index is 14.8. The normalized spacial score (nSPS) is 24.6. The maximum atomic E-state index is 14.8. The molecular formula is C35H36N2O3. The van der Waals surface area contributed by atoms with Crippen molar-refractivity contribution in [1.82, 2.24) is 4.90 Å². The van der Waals surface area contributed by atoms with Gasteiger partial charge in [-0.2, -0.15) is 0 Å². The molecule has 4 atom stereocenters. The molecule has 3 heterocycles. The van der Waals surface area contributed by atoms with Crippen LogP contribution < -0.4 is 5.32 Å². The molecule has 0 aliphatic carbocycles. The molecule has 1 saturated heterocycles. The Kier molecular flexibility index (Phi) is 6.10. The molecule has 1 N–H and O–H groups in total. The van der Waals surface area contributed by atoms with Crippen molar-refractivity contribution in [3.8, 4) is 0 Å². The van der Waals surface area contributed by atoms with Crippen LogP contribution in [0.2, 0.25) is 0 Å². The molecule has 0 radical (unpaired) electrons. The Hall–Kier alpha value is -3.99. The van der Waals surface area contributed by atoms with E-state index in [1.54, 1.807) is 0 Å². The van der Waals surface area contributed by atoms with Crippen LogP contribution in [0.5, 0.6) is 0 Å². The lowest BCUT2D eigenvalue weighted by Gasteiger charge is -2.38. The summed E-state index contributed by atoms with van der Waals surface area (Å²) in [6, 6.07) is 22.0. The van der Waals surface area contributed by atoms with Gasteiger partial charge in [0.1, 0.15) is 5.41 Å². The van der Waals surface area contributed by atoms with Gasteiger partial charge < -0.3 is 10.2 Å². The van der Waals surface area contributed by atoms with Crippen molar-refractivity contribution in [1.29, 1.82) is 0 Å². The number of para-hydroxylation sites is 1. The first-order valence-electron chi connectivity index (χ1n) is 14.2. The summed E-state index contributed by atoms with van der Waals surface area (Å²) in [5.41, 5.74) is 3.11. The van der Waals surface area contributed by atoms with Gasteiger partial charge in [0.15, 0.2) is 11.6 Å². The Bertz CT molecular complexity index is 1550. The zero-order chi connectivity index (χ0) is 28.4. The Morgan fingerprint density at radius 2 is 1.62 bits per heavy atom. The molecule has 3 aliphatic heterocycles. The van der Waals surface area contributed by atoms with Crippen molar-refractivity contribution in [2.45, 2.75) is 58.5 Å². The van der Waals surface area contributed by atoms with Gasteiger partial charge in [-0.1, -0.05) is 101 Å². The van der Waals surface area contributed by atoms with Crippen LogP contribution in [0.3, 0.4) is 0 Å². The van der Waals surface area contributed by atoms with E-state index in [2.05, 4.69) is 19.2 Å². The summed E-state index contributed by atoms with van der Waals surface area (Å²) in [5, 5.41) is 3.11. The lowest BCUT2D eigenvalue weighted by Crippen LogP contribution is -2.50. The average molecular weight is 533 g/mol. The second kappa shape index (κ2) is 9.29. The number of hydrogen-bond acceptors (Lipinski definition) is 4. The maximum Gasteiger partial charge on any atom is 0.238 e. The van der Waals surface area contributed by atoms with E-state index in [4.69, 9.17) is 0 Å². The number of benzene rings is 3. The standard InChI is InChI=1S/C35H36N2O3/c1-21(2)20-22-14-16-24(17-15-22)30(38)28-29(32(39)34(3,4)5)37-19-18-23-10-6-7-11-25(23)31(37)35(28)26-12-8-9-13-27(26)36-33(35)40/h6-19,21,28-29,31H,20H2,1-5H3,(H,36,40)/t28-,29+,31+,35+/m0/s1. The third kappa shape index (κ3) is 3.78. The van der Waals surface area contributed by atoms with Crippen LogP contribution in [0.15, 0.2) is 79.0 Å². The molecule has 0 saturated carbocycles. The van der Waals surface area contributed by atoms with Crippen LogP contribution in [0.25, 0.3) is 6.08 Å². The van der Waals surface area contributed by atoms with Crippen LogP contribution in [0.4, 0.5) is 5.69 Å². The molecule has 1 spiro atoms. The first-order chi connectivity index (χ1) is 19.0. The second-order valence-corrected chi connectivity index (χ2v) is 12.9. The number of amides is 1. The van der Waals surface area contributed by atoms with E-state index in [0.717, 1.165) is 28.7 Å². The minimum atomic E-state index is -1.28. The van der Waals surface area contributed by atoms with Crippen molar-refractivity contribution in [3.63, 3.8) is 0 Å². The van der Waals surface area contributed by atoms with Crippen molar-refractivity contribution >= 4 is 29.2 Å². The van der Waals surface area contributed by atoms with Gasteiger partial charge in [0.25, 0.3) is 0 Å². The lowest BCUT2D eigenvalue weighted by atomic mass is 9.62. The molecule has 3 aliphatic rings. The smallest absolute Gasteiger partial charge is 0.238 e. The molecule has 5 heteroatoms. The predicted octanol–water partition coefficient (Wildman–Crippen LogP) is 6.60. The third-order valence-electron chi connectivity index (χ3n) is 8.74. The molecule has 3 aromatic carbocycles. The van der Waals surface area contributed by atoms with Gasteiger partial charge in [-0.25, -0.2) is 0 Å². The molecule has 0 aromatic heterocycles. The SMILES string of the molecule is CC(C)Cc1ccc(C(=O)[C@@H]2[C@H](C(=O)C(C)(C)C)N3C=Cc4ccccc4[C@@H]3[C@]23C(=O)Nc2ccccc23)cc1. The molecule has 204 valence electrons. The molecule has 0 unspecified atom stereocenters. The van der Waals surface area contributed by atoms with Gasteiger partial charge in [-0.15, -0.1) is 0 Å². The van der Waals surface area contributed by atoms with Gasteiger partial charge in [-0.05, 0) is 46.7 Å². The molecule has 0 bridgehead atoms. The van der Waals surface area contributed by atoms with Gasteiger partial charge >= 0.3 is 0 Å². The molecular weight excluding hydrogens is 496 g/mol. The van der Waals surface area contributed by atoms with Crippen molar-refractivity contribution in [2.24, 2.45) is 17.3 Å². The zero-order valence-corrected chi connectivity index (χ0v) is 23.8. The van der Waals surface area contributed by atoms with Gasteiger partial charge in [0.2, 0.25) is 5.91 Å². The Labute approximate surface area is 236 Å². The van der Waals surface area contributed by atoms with Crippen molar-refractivity contribution in [2.75, 3.05) is 5.32 Å². The van der Waals surface area contributed by atoms with Gasteiger partial charge in [0.05, 0.1) is 18.0 Å². The van der Waals surface area contributed by atoms with Crippen LogP contribution in [0.1, 0.15) is 73.3 Å². The summed E-state index contributed by atoms with van der Waals surface area (Å²) in [5.74, 6) is -0.876. The number of nitrogens with one attached hydrogen (secondary N) is 1. The number of anilines is 1. The highest BCUT2D eigenvalue weighted by Crippen LogP contribution is 2.62. The molecule has 6 rings (SSSR count). The quantitative estimate of drug-likeness (QED) is 0.376. The van der Waals surface area contributed by atoms with Crippen LogP contribution in [-0.4, -0.2) is 28.4 Å². The minimum absolute atomic E-state index is 0.0506. The van der Waals surface area contributed by atoms with E-state index in [9.17, 15) is 14.4 Å². The van der Waals surface area contributed by atoms with Gasteiger partial charge in [-0.3, -0.25) is 14.4 Å². The molecule has 1 fully saturated rings. The Balaban J connectivity index is 1.62. The van der Waals surface area contributed by atoms with Crippen LogP contribution in [-0.2, 0) is 21.4 Å².